The zero-order valence-corrected chi connectivity index (χ0v) is 11.1. The minimum Gasteiger partial charge on any atom is -0.309 e. The maximum absolute atomic E-state index is 3.82. The van der Waals surface area contributed by atoms with E-state index in [0.29, 0.717) is 11.5 Å². The lowest BCUT2D eigenvalue weighted by Crippen LogP contribution is -2.26. The smallest absolute Gasteiger partial charge is 0.0326 e. The second kappa shape index (κ2) is 4.13. The predicted octanol–water partition coefficient (Wildman–Crippen LogP) is 3.76. The molecule has 17 heavy (non-hydrogen) atoms. The maximum atomic E-state index is 3.82. The van der Waals surface area contributed by atoms with Crippen LogP contribution in [0.3, 0.4) is 0 Å². The molecule has 0 spiro atoms. The minimum absolute atomic E-state index is 0.619. The standard InChI is InChI=1S/C16H23N/c1-3-16(8-9-16)11-17-15-7-6-13-5-4-12(2)10-14(13)15/h4-5,10,15,17H,3,6-9,11H2,1-2H3. The molecule has 0 heterocycles. The highest BCUT2D eigenvalue weighted by atomic mass is 14.9. The van der Waals surface area contributed by atoms with E-state index in [1.807, 2.05) is 0 Å². The van der Waals surface area contributed by atoms with Crippen molar-refractivity contribution in [1.82, 2.24) is 5.32 Å². The molecule has 1 aromatic rings. The lowest BCUT2D eigenvalue weighted by atomic mass is 10.0. The minimum atomic E-state index is 0.619. The lowest BCUT2D eigenvalue weighted by molar-refractivity contribution is 0.403. The van der Waals surface area contributed by atoms with E-state index in [2.05, 4.69) is 37.4 Å². The van der Waals surface area contributed by atoms with Gasteiger partial charge in [0.15, 0.2) is 0 Å². The van der Waals surface area contributed by atoms with Gasteiger partial charge in [0.1, 0.15) is 0 Å². The Bertz CT molecular complexity index is 418. The van der Waals surface area contributed by atoms with Crippen molar-refractivity contribution >= 4 is 0 Å². The molecule has 3 rings (SSSR count). The molecule has 0 amide bonds. The Kier molecular flexibility index (Phi) is 2.74. The van der Waals surface area contributed by atoms with Gasteiger partial charge in [-0.1, -0.05) is 30.7 Å². The van der Waals surface area contributed by atoms with Gasteiger partial charge in [-0.15, -0.1) is 0 Å². The Morgan fingerprint density at radius 1 is 1.35 bits per heavy atom. The van der Waals surface area contributed by atoms with Crippen molar-refractivity contribution in [2.24, 2.45) is 5.41 Å². The third-order valence-electron chi connectivity index (χ3n) is 4.81. The van der Waals surface area contributed by atoms with Crippen molar-refractivity contribution in [2.75, 3.05) is 6.54 Å². The average Bonchev–Trinajstić information content (AvgIpc) is 3.02. The molecule has 1 atom stereocenters. The largest absolute Gasteiger partial charge is 0.309 e. The molecule has 0 radical (unpaired) electrons. The molecule has 0 bridgehead atoms. The zero-order valence-electron chi connectivity index (χ0n) is 11.1. The zero-order chi connectivity index (χ0) is 11.9. The first-order valence-corrected chi connectivity index (χ1v) is 7.05. The third-order valence-corrected chi connectivity index (χ3v) is 4.81. The van der Waals surface area contributed by atoms with E-state index in [9.17, 15) is 0 Å². The van der Waals surface area contributed by atoms with Crippen LogP contribution in [0.15, 0.2) is 18.2 Å². The number of nitrogens with one attached hydrogen (secondary N) is 1. The Hall–Kier alpha value is -0.820. The molecule has 1 aromatic carbocycles. The number of rotatable bonds is 4. The summed E-state index contributed by atoms with van der Waals surface area (Å²) in [6, 6.07) is 7.56. The summed E-state index contributed by atoms with van der Waals surface area (Å²) in [6.07, 6.45) is 6.76. The normalized spacial score (nSPS) is 24.7. The molecule has 2 aliphatic carbocycles. The molecular formula is C16H23N. The predicted molar refractivity (Wildman–Crippen MR) is 72.2 cm³/mol. The van der Waals surface area contributed by atoms with Crippen LogP contribution in [-0.4, -0.2) is 6.54 Å². The first-order chi connectivity index (χ1) is 8.22. The van der Waals surface area contributed by atoms with Crippen LogP contribution in [0, 0.1) is 12.3 Å². The fourth-order valence-electron chi connectivity index (χ4n) is 3.11. The van der Waals surface area contributed by atoms with Gasteiger partial charge < -0.3 is 5.32 Å². The topological polar surface area (TPSA) is 12.0 Å². The highest BCUT2D eigenvalue weighted by Crippen LogP contribution is 2.48. The molecule has 0 saturated heterocycles. The molecule has 92 valence electrons. The van der Waals surface area contributed by atoms with Gasteiger partial charge in [0.2, 0.25) is 0 Å². The highest BCUT2D eigenvalue weighted by molar-refractivity contribution is 5.37. The van der Waals surface area contributed by atoms with Crippen LogP contribution in [-0.2, 0) is 6.42 Å². The van der Waals surface area contributed by atoms with Gasteiger partial charge in [0.05, 0.1) is 0 Å². The summed E-state index contributed by atoms with van der Waals surface area (Å²) in [5.74, 6) is 0. The molecular weight excluding hydrogens is 206 g/mol. The molecule has 1 saturated carbocycles. The lowest BCUT2D eigenvalue weighted by Gasteiger charge is -2.19. The second-order valence-corrected chi connectivity index (χ2v) is 6.03. The first kappa shape index (κ1) is 11.3. The van der Waals surface area contributed by atoms with E-state index in [1.165, 1.54) is 44.2 Å². The van der Waals surface area contributed by atoms with Crippen molar-refractivity contribution in [3.05, 3.63) is 34.9 Å². The summed E-state index contributed by atoms with van der Waals surface area (Å²) in [5, 5.41) is 3.82. The summed E-state index contributed by atoms with van der Waals surface area (Å²) in [5.41, 5.74) is 5.19. The molecule has 0 aromatic heterocycles. The van der Waals surface area contributed by atoms with E-state index in [4.69, 9.17) is 0 Å². The van der Waals surface area contributed by atoms with Crippen LogP contribution in [0.1, 0.15) is 55.3 Å². The van der Waals surface area contributed by atoms with Crippen LogP contribution < -0.4 is 5.32 Å². The first-order valence-electron chi connectivity index (χ1n) is 7.05. The number of benzene rings is 1. The van der Waals surface area contributed by atoms with Gasteiger partial charge in [-0.3, -0.25) is 0 Å². The second-order valence-electron chi connectivity index (χ2n) is 6.03. The fraction of sp³-hybridized carbons (Fsp3) is 0.625. The molecule has 1 heteroatoms. The Morgan fingerprint density at radius 3 is 2.88 bits per heavy atom. The molecule has 2 aliphatic rings. The molecule has 0 aliphatic heterocycles. The summed E-state index contributed by atoms with van der Waals surface area (Å²) in [7, 11) is 0. The van der Waals surface area contributed by atoms with E-state index in [1.54, 1.807) is 11.1 Å². The number of aryl methyl sites for hydroxylation is 2. The molecule has 1 unspecified atom stereocenters. The van der Waals surface area contributed by atoms with Crippen molar-refractivity contribution in [3.8, 4) is 0 Å². The van der Waals surface area contributed by atoms with Crippen LogP contribution in [0.4, 0.5) is 0 Å². The van der Waals surface area contributed by atoms with Crippen LogP contribution in [0.5, 0.6) is 0 Å². The number of fused-ring (bicyclic) bond motifs is 1. The van der Waals surface area contributed by atoms with E-state index in [-0.39, 0.29) is 0 Å². The van der Waals surface area contributed by atoms with Crippen molar-refractivity contribution in [1.29, 1.82) is 0 Å². The van der Waals surface area contributed by atoms with Gasteiger partial charge in [0.25, 0.3) is 0 Å². The van der Waals surface area contributed by atoms with Gasteiger partial charge in [-0.2, -0.15) is 0 Å². The molecule has 1 fully saturated rings. The van der Waals surface area contributed by atoms with Crippen molar-refractivity contribution < 1.29 is 0 Å². The maximum Gasteiger partial charge on any atom is 0.0326 e. The number of hydrogen-bond donors (Lipinski definition) is 1. The Morgan fingerprint density at radius 2 is 2.18 bits per heavy atom. The summed E-state index contributed by atoms with van der Waals surface area (Å²) in [6.45, 7) is 5.76. The fourth-order valence-corrected chi connectivity index (χ4v) is 3.11. The van der Waals surface area contributed by atoms with Gasteiger partial charge in [-0.25, -0.2) is 0 Å². The van der Waals surface area contributed by atoms with Crippen LogP contribution in [0.2, 0.25) is 0 Å². The molecule has 1 nitrogen and oxygen atoms in total. The SMILES string of the molecule is CCC1(CNC2CCc3ccc(C)cc32)CC1. The van der Waals surface area contributed by atoms with Gasteiger partial charge >= 0.3 is 0 Å². The van der Waals surface area contributed by atoms with E-state index < -0.39 is 0 Å². The Balaban J connectivity index is 1.69. The Labute approximate surface area is 105 Å². The average molecular weight is 229 g/mol. The molecule has 1 N–H and O–H groups in total. The number of hydrogen-bond acceptors (Lipinski definition) is 1. The van der Waals surface area contributed by atoms with Gasteiger partial charge in [0, 0.05) is 12.6 Å². The van der Waals surface area contributed by atoms with Crippen molar-refractivity contribution in [2.45, 2.75) is 52.0 Å². The summed E-state index contributed by atoms with van der Waals surface area (Å²) >= 11 is 0. The van der Waals surface area contributed by atoms with Crippen LogP contribution in [0.25, 0.3) is 0 Å². The van der Waals surface area contributed by atoms with Gasteiger partial charge in [-0.05, 0) is 55.6 Å². The monoisotopic (exact) mass is 229 g/mol. The van der Waals surface area contributed by atoms with Crippen molar-refractivity contribution in [3.63, 3.8) is 0 Å². The van der Waals surface area contributed by atoms with E-state index >= 15 is 0 Å². The third kappa shape index (κ3) is 2.13. The van der Waals surface area contributed by atoms with Crippen LogP contribution >= 0.6 is 0 Å². The highest BCUT2D eigenvalue weighted by Gasteiger charge is 2.40. The summed E-state index contributed by atoms with van der Waals surface area (Å²) < 4.78 is 0. The summed E-state index contributed by atoms with van der Waals surface area (Å²) in [4.78, 5) is 0. The van der Waals surface area contributed by atoms with E-state index in [0.717, 1.165) is 0 Å². The quantitative estimate of drug-likeness (QED) is 0.829.